The van der Waals surface area contributed by atoms with Crippen LogP contribution in [-0.2, 0) is 0 Å². The third-order valence-corrected chi connectivity index (χ3v) is 0. The fourth-order valence-electron chi connectivity index (χ4n) is 0. The molecule has 0 aliphatic carbocycles. The Kier molecular flexibility index (Phi) is 194. The van der Waals surface area contributed by atoms with Crippen molar-refractivity contribution in [1.29, 1.82) is 0 Å². The second kappa shape index (κ2) is 20.3. The summed E-state index contributed by atoms with van der Waals surface area (Å²) in [4.78, 5) is 0. The Balaban J connectivity index is 0. The van der Waals surface area contributed by atoms with Gasteiger partial charge in [-0.15, -0.1) is 12.4 Å². The van der Waals surface area contributed by atoms with Gasteiger partial charge in [0.25, 0.3) is 0 Å². The van der Waals surface area contributed by atoms with Gasteiger partial charge in [-0.2, -0.15) is 0 Å². The van der Waals surface area contributed by atoms with Gasteiger partial charge in [-0.3, -0.25) is 0 Å². The van der Waals surface area contributed by atoms with E-state index < -0.39 is 0 Å². The van der Waals surface area contributed by atoms with Crippen molar-refractivity contribution in [3.63, 3.8) is 0 Å². The molecule has 0 heterocycles. The normalized spacial score (nSPS) is 0. The first-order valence-electron chi connectivity index (χ1n) is 0. The van der Waals surface area contributed by atoms with Crippen LogP contribution in [0.2, 0.25) is 0 Å². The Morgan fingerprint density at radius 1 is 0.750 bits per heavy atom. The van der Waals surface area contributed by atoms with E-state index in [4.69, 9.17) is 0 Å². The molecule has 0 unspecified atom stereocenters. The van der Waals surface area contributed by atoms with Crippen molar-refractivity contribution in [3.8, 4) is 0 Å². The Hall–Kier alpha value is 1.95. The molecule has 0 spiro atoms. The SMILES string of the molecule is Cl.[AlH3].[AlH3].[LiH]. The summed E-state index contributed by atoms with van der Waals surface area (Å²) in [5.74, 6) is 0. The molecular formula is H8Al2ClLi. The maximum atomic E-state index is 0. The molecular weight excluding hydrogens is 96.4 g/mol. The van der Waals surface area contributed by atoms with Crippen LogP contribution < -0.4 is 0 Å². The molecule has 4 heavy (non-hydrogen) atoms. The fourth-order valence-corrected chi connectivity index (χ4v) is 0. The minimum atomic E-state index is 0. The fraction of sp³-hybridized carbons (Fsp3) is 0. The van der Waals surface area contributed by atoms with E-state index in [1.54, 1.807) is 0 Å². The van der Waals surface area contributed by atoms with Crippen molar-refractivity contribution in [1.82, 2.24) is 0 Å². The summed E-state index contributed by atoms with van der Waals surface area (Å²) < 4.78 is 0. The first-order chi connectivity index (χ1) is 0. The molecule has 0 saturated heterocycles. The van der Waals surface area contributed by atoms with E-state index in [0.717, 1.165) is 0 Å². The second-order valence-corrected chi connectivity index (χ2v) is 0. The summed E-state index contributed by atoms with van der Waals surface area (Å²) in [6.07, 6.45) is 0. The van der Waals surface area contributed by atoms with Gasteiger partial charge in [0.05, 0.1) is 0 Å². The van der Waals surface area contributed by atoms with E-state index in [-0.39, 0.29) is 66.0 Å². The van der Waals surface area contributed by atoms with Crippen LogP contribution in [0.15, 0.2) is 0 Å². The summed E-state index contributed by atoms with van der Waals surface area (Å²) >= 11 is 0. The molecule has 0 atom stereocenters. The van der Waals surface area contributed by atoms with Crippen molar-refractivity contribution < 1.29 is 0 Å². The molecule has 0 aromatic heterocycles. The zero-order chi connectivity index (χ0) is 0. The summed E-state index contributed by atoms with van der Waals surface area (Å²) in [6.45, 7) is 0. The van der Waals surface area contributed by atoms with Crippen LogP contribution >= 0.6 is 12.4 Å². The molecule has 22 valence electrons. The summed E-state index contributed by atoms with van der Waals surface area (Å²) in [5.41, 5.74) is 0. The predicted octanol–water partition coefficient (Wildman–Crippen LogP) is -2.59. The zero-order valence-electron chi connectivity index (χ0n) is 0.408. The maximum absolute atomic E-state index is 0. The molecule has 0 aromatic carbocycles. The van der Waals surface area contributed by atoms with Crippen LogP contribution in [0, 0.1) is 0 Å². The standard InChI is InChI=1S/2Al.ClH.Li.7H/h;;1H;;;;;;;;. The monoisotopic (exact) mass is 104 g/mol. The van der Waals surface area contributed by atoms with Crippen molar-refractivity contribution >= 4 is 66.0 Å². The Morgan fingerprint density at radius 3 is 0.750 bits per heavy atom. The van der Waals surface area contributed by atoms with E-state index in [1.165, 1.54) is 0 Å². The van der Waals surface area contributed by atoms with Crippen LogP contribution in [0.25, 0.3) is 0 Å². The van der Waals surface area contributed by atoms with Gasteiger partial charge in [0.2, 0.25) is 0 Å². The molecule has 0 aliphatic rings. The number of rotatable bonds is 0. The average Bonchev–Trinajstić information content (AvgIpc) is 0. The molecule has 0 rings (SSSR count). The van der Waals surface area contributed by atoms with Crippen LogP contribution in [-0.4, -0.2) is 53.6 Å². The van der Waals surface area contributed by atoms with Crippen LogP contribution in [0.5, 0.6) is 0 Å². The summed E-state index contributed by atoms with van der Waals surface area (Å²) in [7, 11) is 0. The second-order valence-electron chi connectivity index (χ2n) is 0. The van der Waals surface area contributed by atoms with Crippen molar-refractivity contribution in [3.05, 3.63) is 0 Å². The Morgan fingerprint density at radius 2 is 0.750 bits per heavy atom. The van der Waals surface area contributed by atoms with Gasteiger partial charge in [0.15, 0.2) is 34.7 Å². The molecule has 0 aliphatic heterocycles. The molecule has 0 radical (unpaired) electrons. The van der Waals surface area contributed by atoms with E-state index >= 15 is 0 Å². The first-order valence-corrected chi connectivity index (χ1v) is 0. The number of hydrogen-bond donors (Lipinski definition) is 0. The third-order valence-electron chi connectivity index (χ3n) is 0. The van der Waals surface area contributed by atoms with Crippen molar-refractivity contribution in [2.45, 2.75) is 0 Å². The molecule has 0 aromatic rings. The van der Waals surface area contributed by atoms with Gasteiger partial charge in [0.1, 0.15) is 0 Å². The minimum absolute atomic E-state index is 0. The molecule has 4 heteroatoms. The van der Waals surface area contributed by atoms with Crippen molar-refractivity contribution in [2.24, 2.45) is 0 Å². The summed E-state index contributed by atoms with van der Waals surface area (Å²) in [6, 6.07) is 0. The summed E-state index contributed by atoms with van der Waals surface area (Å²) in [5, 5.41) is 0. The molecule has 0 fully saturated rings. The topological polar surface area (TPSA) is 0 Å². The Bertz CT molecular complexity index is 6.00. The van der Waals surface area contributed by atoms with Crippen LogP contribution in [0.3, 0.4) is 0 Å². The number of hydrogen-bond acceptors (Lipinski definition) is 0. The van der Waals surface area contributed by atoms with Gasteiger partial charge in [0, 0.05) is 0 Å². The molecule has 0 nitrogen and oxygen atoms in total. The van der Waals surface area contributed by atoms with Gasteiger partial charge in [-0.1, -0.05) is 0 Å². The van der Waals surface area contributed by atoms with E-state index in [0.29, 0.717) is 0 Å². The van der Waals surface area contributed by atoms with Gasteiger partial charge in [-0.25, -0.2) is 0 Å². The van der Waals surface area contributed by atoms with Gasteiger partial charge >= 0.3 is 18.9 Å². The molecule has 0 N–H and O–H groups in total. The third kappa shape index (κ3) is 9.04. The van der Waals surface area contributed by atoms with Gasteiger partial charge in [-0.05, 0) is 0 Å². The van der Waals surface area contributed by atoms with Gasteiger partial charge < -0.3 is 0 Å². The molecule has 0 amide bonds. The average molecular weight is 104 g/mol. The van der Waals surface area contributed by atoms with Crippen LogP contribution in [0.1, 0.15) is 0 Å². The zero-order valence-corrected chi connectivity index (χ0v) is 1.22. The molecule has 0 bridgehead atoms. The Labute approximate surface area is 65.6 Å². The molecule has 0 saturated carbocycles. The first kappa shape index (κ1) is 38.3. The van der Waals surface area contributed by atoms with E-state index in [1.807, 2.05) is 0 Å². The predicted molar refractivity (Wildman–Crippen MR) is 34.3 cm³/mol. The number of halogens is 1. The van der Waals surface area contributed by atoms with Crippen molar-refractivity contribution in [2.75, 3.05) is 0 Å². The van der Waals surface area contributed by atoms with Crippen LogP contribution in [0.4, 0.5) is 0 Å². The van der Waals surface area contributed by atoms with E-state index in [9.17, 15) is 0 Å². The quantitative estimate of drug-likeness (QED) is 0.296. The van der Waals surface area contributed by atoms with E-state index in [2.05, 4.69) is 0 Å².